The van der Waals surface area contributed by atoms with Gasteiger partial charge in [-0.3, -0.25) is 9.52 Å². The fourth-order valence-electron chi connectivity index (χ4n) is 2.86. The zero-order chi connectivity index (χ0) is 18.9. The fourth-order valence-corrected chi connectivity index (χ4v) is 3.91. The molecule has 2 aromatic rings. The molecule has 2 aromatic carbocycles. The molecule has 0 unspecified atom stereocenters. The van der Waals surface area contributed by atoms with Gasteiger partial charge in [-0.1, -0.05) is 26.0 Å². The molecule has 0 saturated heterocycles. The van der Waals surface area contributed by atoms with Crippen LogP contribution in [0.5, 0.6) is 5.75 Å². The van der Waals surface area contributed by atoms with E-state index in [1.165, 1.54) is 6.92 Å². The van der Waals surface area contributed by atoms with E-state index in [0.717, 1.165) is 5.56 Å². The Morgan fingerprint density at radius 1 is 1.15 bits per heavy atom. The molecule has 0 fully saturated rings. The number of hydrogen-bond donors (Lipinski definition) is 1. The highest BCUT2D eigenvalue weighted by atomic mass is 32.2. The van der Waals surface area contributed by atoms with Crippen molar-refractivity contribution in [3.8, 4) is 5.75 Å². The number of carbonyl (C=O) groups is 1. The van der Waals surface area contributed by atoms with Crippen molar-refractivity contribution in [3.05, 3.63) is 48.0 Å². The van der Waals surface area contributed by atoms with Crippen molar-refractivity contribution in [2.75, 3.05) is 22.8 Å². The molecule has 1 aliphatic heterocycles. The molecule has 1 amide bonds. The molecule has 138 valence electrons. The largest absolute Gasteiger partial charge is 0.489 e. The van der Waals surface area contributed by atoms with Crippen molar-refractivity contribution in [2.24, 2.45) is 0 Å². The van der Waals surface area contributed by atoms with Crippen LogP contribution in [-0.4, -0.2) is 27.5 Å². The Morgan fingerprint density at radius 3 is 2.46 bits per heavy atom. The summed E-state index contributed by atoms with van der Waals surface area (Å²) in [4.78, 5) is 13.5. The summed E-state index contributed by atoms with van der Waals surface area (Å²) in [6, 6.07) is 11.8. The third-order valence-electron chi connectivity index (χ3n) is 4.31. The van der Waals surface area contributed by atoms with Crippen molar-refractivity contribution in [1.82, 2.24) is 0 Å². The molecule has 0 bridgehead atoms. The minimum atomic E-state index is -3.70. The number of nitrogens with zero attached hydrogens (tertiary/aromatic N) is 1. The fraction of sp³-hybridized carbons (Fsp3) is 0.316. The summed E-state index contributed by atoms with van der Waals surface area (Å²) in [5, 5.41) is 0. The molecule has 0 spiro atoms. The zero-order valence-corrected chi connectivity index (χ0v) is 15.8. The molecular weight excluding hydrogens is 352 g/mol. The van der Waals surface area contributed by atoms with Crippen LogP contribution in [0.2, 0.25) is 0 Å². The van der Waals surface area contributed by atoms with Crippen molar-refractivity contribution >= 4 is 27.3 Å². The third kappa shape index (κ3) is 3.67. The number of ether oxygens (including phenoxy) is 1. The minimum absolute atomic E-state index is 0.0758. The number of amides is 1. The smallest absolute Gasteiger partial charge is 0.261 e. The average molecular weight is 374 g/mol. The van der Waals surface area contributed by atoms with E-state index in [-0.39, 0.29) is 10.8 Å². The topological polar surface area (TPSA) is 75.7 Å². The van der Waals surface area contributed by atoms with Gasteiger partial charge in [0.05, 0.1) is 22.8 Å². The van der Waals surface area contributed by atoms with Gasteiger partial charge in [0.25, 0.3) is 10.0 Å². The van der Waals surface area contributed by atoms with Gasteiger partial charge in [-0.2, -0.15) is 0 Å². The molecule has 0 aromatic heterocycles. The second-order valence-corrected chi connectivity index (χ2v) is 8.21. The average Bonchev–Trinajstić information content (AvgIpc) is 2.60. The van der Waals surface area contributed by atoms with Crippen LogP contribution in [-0.2, 0) is 14.8 Å². The first kappa shape index (κ1) is 18.3. The molecule has 0 radical (unpaired) electrons. The zero-order valence-electron chi connectivity index (χ0n) is 15.0. The number of hydrogen-bond acceptors (Lipinski definition) is 4. The molecule has 6 nitrogen and oxygen atoms in total. The van der Waals surface area contributed by atoms with Crippen LogP contribution >= 0.6 is 0 Å². The predicted molar refractivity (Wildman–Crippen MR) is 101 cm³/mol. The van der Waals surface area contributed by atoms with Gasteiger partial charge >= 0.3 is 0 Å². The number of nitrogens with one attached hydrogen (secondary N) is 1. The van der Waals surface area contributed by atoms with Crippen LogP contribution in [0.1, 0.15) is 32.3 Å². The summed E-state index contributed by atoms with van der Waals surface area (Å²) in [6.45, 7) is 6.46. The Morgan fingerprint density at radius 2 is 1.85 bits per heavy atom. The number of carbonyl (C=O) groups excluding carboxylic acids is 1. The standard InChI is InChI=1S/C19H22N2O4S/c1-13(2)15-4-7-17(8-5-15)26(23,24)20-16-6-9-18-19(12-16)25-11-10-21(18)14(3)22/h4-9,12-13,20H,10-11H2,1-3H3. The summed E-state index contributed by atoms with van der Waals surface area (Å²) in [5.41, 5.74) is 2.12. The van der Waals surface area contributed by atoms with E-state index in [4.69, 9.17) is 4.74 Å². The Kier molecular flexibility index (Phi) is 4.91. The Labute approximate surface area is 153 Å². The normalized spacial score (nSPS) is 13.9. The van der Waals surface area contributed by atoms with Crippen molar-refractivity contribution in [1.29, 1.82) is 0 Å². The minimum Gasteiger partial charge on any atom is -0.489 e. The molecule has 1 heterocycles. The molecular formula is C19H22N2O4S. The first-order chi connectivity index (χ1) is 12.3. The molecule has 0 atom stereocenters. The van der Waals surface area contributed by atoms with Gasteiger partial charge in [0.1, 0.15) is 12.4 Å². The van der Waals surface area contributed by atoms with E-state index >= 15 is 0 Å². The maximum atomic E-state index is 12.6. The van der Waals surface area contributed by atoms with Crippen LogP contribution in [0, 0.1) is 0 Å². The summed E-state index contributed by atoms with van der Waals surface area (Å²) in [5.74, 6) is 0.747. The van der Waals surface area contributed by atoms with Gasteiger partial charge in [-0.15, -0.1) is 0 Å². The van der Waals surface area contributed by atoms with E-state index in [0.29, 0.717) is 36.2 Å². The predicted octanol–water partition coefficient (Wildman–Crippen LogP) is 3.36. The number of benzene rings is 2. The molecule has 7 heteroatoms. The molecule has 3 rings (SSSR count). The molecule has 1 aliphatic rings. The maximum absolute atomic E-state index is 12.6. The number of sulfonamides is 1. The monoisotopic (exact) mass is 374 g/mol. The summed E-state index contributed by atoms with van der Waals surface area (Å²) in [6.07, 6.45) is 0. The maximum Gasteiger partial charge on any atom is 0.261 e. The summed E-state index contributed by atoms with van der Waals surface area (Å²) in [7, 11) is -3.70. The first-order valence-electron chi connectivity index (χ1n) is 8.45. The highest BCUT2D eigenvalue weighted by molar-refractivity contribution is 7.92. The molecule has 1 N–H and O–H groups in total. The van der Waals surface area contributed by atoms with E-state index in [1.54, 1.807) is 35.2 Å². The summed E-state index contributed by atoms with van der Waals surface area (Å²) >= 11 is 0. The second kappa shape index (κ2) is 6.99. The van der Waals surface area contributed by atoms with E-state index in [2.05, 4.69) is 18.6 Å². The Balaban J connectivity index is 1.85. The lowest BCUT2D eigenvalue weighted by molar-refractivity contribution is -0.116. The van der Waals surface area contributed by atoms with Gasteiger partial charge in [0, 0.05) is 13.0 Å². The SMILES string of the molecule is CC(=O)N1CCOc2cc(NS(=O)(=O)c3ccc(C(C)C)cc3)ccc21. The Bertz CT molecular complexity index is 921. The highest BCUT2D eigenvalue weighted by Crippen LogP contribution is 2.34. The van der Waals surface area contributed by atoms with Gasteiger partial charge in [-0.25, -0.2) is 8.42 Å². The first-order valence-corrected chi connectivity index (χ1v) is 9.94. The quantitative estimate of drug-likeness (QED) is 0.890. The van der Waals surface area contributed by atoms with E-state index in [9.17, 15) is 13.2 Å². The summed E-state index contributed by atoms with van der Waals surface area (Å²) < 4.78 is 33.4. The lowest BCUT2D eigenvalue weighted by Gasteiger charge is -2.29. The van der Waals surface area contributed by atoms with Crippen LogP contribution in [0.15, 0.2) is 47.4 Å². The van der Waals surface area contributed by atoms with Gasteiger partial charge < -0.3 is 9.64 Å². The van der Waals surface area contributed by atoms with E-state index < -0.39 is 10.0 Å². The Hall–Kier alpha value is -2.54. The number of rotatable bonds is 4. The van der Waals surface area contributed by atoms with Gasteiger partial charge in [0.2, 0.25) is 5.91 Å². The second-order valence-electron chi connectivity index (χ2n) is 6.53. The lowest BCUT2D eigenvalue weighted by atomic mass is 10.0. The highest BCUT2D eigenvalue weighted by Gasteiger charge is 2.22. The molecule has 0 aliphatic carbocycles. The van der Waals surface area contributed by atoms with Crippen molar-refractivity contribution in [2.45, 2.75) is 31.6 Å². The van der Waals surface area contributed by atoms with Gasteiger partial charge in [0.15, 0.2) is 0 Å². The van der Waals surface area contributed by atoms with Crippen LogP contribution < -0.4 is 14.4 Å². The van der Waals surface area contributed by atoms with Crippen LogP contribution in [0.4, 0.5) is 11.4 Å². The van der Waals surface area contributed by atoms with Crippen LogP contribution in [0.25, 0.3) is 0 Å². The van der Waals surface area contributed by atoms with Crippen LogP contribution in [0.3, 0.4) is 0 Å². The lowest BCUT2D eigenvalue weighted by Crippen LogP contribution is -2.36. The molecule has 26 heavy (non-hydrogen) atoms. The molecule has 0 saturated carbocycles. The van der Waals surface area contributed by atoms with Gasteiger partial charge in [-0.05, 0) is 35.7 Å². The third-order valence-corrected chi connectivity index (χ3v) is 5.71. The number of anilines is 2. The van der Waals surface area contributed by atoms with Crippen molar-refractivity contribution < 1.29 is 17.9 Å². The van der Waals surface area contributed by atoms with E-state index in [1.807, 2.05) is 12.1 Å². The number of fused-ring (bicyclic) bond motifs is 1. The van der Waals surface area contributed by atoms with Crippen molar-refractivity contribution in [3.63, 3.8) is 0 Å².